The summed E-state index contributed by atoms with van der Waals surface area (Å²) in [4.78, 5) is 25.5. The number of fused-ring (bicyclic) bond motifs is 2. The number of nitrogens with one attached hydrogen (secondary N) is 1. The van der Waals surface area contributed by atoms with Gasteiger partial charge < -0.3 is 28.4 Å². The number of esters is 1. The largest absolute Gasteiger partial charge is 0.493 e. The van der Waals surface area contributed by atoms with Gasteiger partial charge in [0, 0.05) is 0 Å². The Hall–Kier alpha value is -5.25. The van der Waals surface area contributed by atoms with Crippen molar-refractivity contribution in [2.75, 3.05) is 27.9 Å². The molecule has 1 aliphatic heterocycles. The molecule has 10 heteroatoms. The Morgan fingerprint density at radius 1 is 0.875 bits per heavy atom. The summed E-state index contributed by atoms with van der Waals surface area (Å²) in [6.07, 6.45) is 0.566. The average molecular weight is 543 g/mol. The first-order valence-electron chi connectivity index (χ1n) is 12.3. The van der Waals surface area contributed by atoms with E-state index in [1.54, 1.807) is 24.3 Å². The van der Waals surface area contributed by atoms with E-state index in [0.29, 0.717) is 34.3 Å². The number of carbonyl (C=O) groups is 2. The van der Waals surface area contributed by atoms with Gasteiger partial charge in [0.25, 0.3) is 5.91 Å². The third-order valence-corrected chi connectivity index (χ3v) is 6.12. The first kappa shape index (κ1) is 26.4. The lowest BCUT2D eigenvalue weighted by Gasteiger charge is -2.25. The van der Waals surface area contributed by atoms with E-state index in [9.17, 15) is 9.59 Å². The maximum Gasteiger partial charge on any atom is 0.343 e. The van der Waals surface area contributed by atoms with Crippen molar-refractivity contribution in [3.05, 3.63) is 83.9 Å². The van der Waals surface area contributed by atoms with Crippen LogP contribution < -0.4 is 33.8 Å². The summed E-state index contributed by atoms with van der Waals surface area (Å²) in [5.41, 5.74) is 3.27. The molecule has 4 aromatic carbocycles. The molecule has 40 heavy (non-hydrogen) atoms. The second-order valence-corrected chi connectivity index (χ2v) is 8.67. The Labute approximate surface area is 230 Å². The van der Waals surface area contributed by atoms with Gasteiger partial charge in [-0.2, -0.15) is 5.10 Å². The van der Waals surface area contributed by atoms with Crippen LogP contribution >= 0.6 is 0 Å². The lowest BCUT2D eigenvalue weighted by Crippen LogP contribution is -2.42. The summed E-state index contributed by atoms with van der Waals surface area (Å²) in [5.74, 6) is 1.31. The van der Waals surface area contributed by atoms with Crippen molar-refractivity contribution in [2.45, 2.75) is 6.10 Å². The van der Waals surface area contributed by atoms with Crippen LogP contribution in [0.15, 0.2) is 77.9 Å². The molecule has 0 fully saturated rings. The van der Waals surface area contributed by atoms with E-state index < -0.39 is 18.0 Å². The van der Waals surface area contributed by atoms with Crippen LogP contribution in [0.25, 0.3) is 10.8 Å². The molecule has 1 unspecified atom stereocenters. The van der Waals surface area contributed by atoms with Crippen LogP contribution in [-0.4, -0.2) is 52.1 Å². The Balaban J connectivity index is 1.21. The SMILES string of the molecule is COc1cc(C(=O)Oc2cccc(/C=N\NC(=O)C3COc4cc5ccccc5cc4O3)c2)cc(OC)c1OC. The average Bonchev–Trinajstić information content (AvgIpc) is 2.99. The van der Waals surface area contributed by atoms with Gasteiger partial charge >= 0.3 is 5.97 Å². The lowest BCUT2D eigenvalue weighted by molar-refractivity contribution is -0.130. The van der Waals surface area contributed by atoms with E-state index in [4.69, 9.17) is 28.4 Å². The minimum Gasteiger partial charge on any atom is -0.493 e. The molecule has 0 aliphatic carbocycles. The van der Waals surface area contributed by atoms with E-state index in [-0.39, 0.29) is 17.9 Å². The van der Waals surface area contributed by atoms with Gasteiger partial charge in [-0.3, -0.25) is 4.79 Å². The van der Waals surface area contributed by atoms with Gasteiger partial charge in [0.1, 0.15) is 12.4 Å². The molecule has 1 aliphatic rings. The number of benzene rings is 4. The van der Waals surface area contributed by atoms with Crippen LogP contribution in [0, 0.1) is 0 Å². The molecule has 0 radical (unpaired) electrons. The number of hydrogen-bond acceptors (Lipinski definition) is 9. The quantitative estimate of drug-likeness (QED) is 0.151. The molecule has 0 saturated heterocycles. The fourth-order valence-electron chi connectivity index (χ4n) is 4.15. The molecule has 0 aromatic heterocycles. The van der Waals surface area contributed by atoms with Gasteiger partial charge in [0.15, 0.2) is 23.0 Å². The summed E-state index contributed by atoms with van der Waals surface area (Å²) in [6.45, 7) is 0.0546. The van der Waals surface area contributed by atoms with Crippen LogP contribution in [0.2, 0.25) is 0 Å². The molecular weight excluding hydrogens is 516 g/mol. The second-order valence-electron chi connectivity index (χ2n) is 8.67. The number of rotatable bonds is 8. The first-order valence-corrected chi connectivity index (χ1v) is 12.3. The minimum atomic E-state index is -0.864. The zero-order valence-corrected chi connectivity index (χ0v) is 22.0. The Bertz CT molecular complexity index is 1580. The second kappa shape index (κ2) is 11.6. The number of amides is 1. The van der Waals surface area contributed by atoms with Gasteiger partial charge in [-0.1, -0.05) is 36.4 Å². The summed E-state index contributed by atoms with van der Waals surface area (Å²) in [6, 6.07) is 21.2. The monoisotopic (exact) mass is 542 g/mol. The van der Waals surface area contributed by atoms with Gasteiger partial charge in [-0.05, 0) is 52.7 Å². The van der Waals surface area contributed by atoms with Crippen molar-refractivity contribution in [2.24, 2.45) is 5.10 Å². The number of carbonyl (C=O) groups excluding carboxylic acids is 2. The lowest BCUT2D eigenvalue weighted by atomic mass is 10.1. The number of methoxy groups -OCH3 is 3. The molecule has 1 N–H and O–H groups in total. The Kier molecular flexibility index (Phi) is 7.68. The third kappa shape index (κ3) is 5.60. The van der Waals surface area contributed by atoms with Crippen molar-refractivity contribution < 1.29 is 38.0 Å². The highest BCUT2D eigenvalue weighted by Crippen LogP contribution is 2.38. The highest BCUT2D eigenvalue weighted by molar-refractivity contribution is 5.93. The standard InChI is InChI=1S/C30H26N2O8/c1-35-25-14-21(15-26(36-2)28(25)37-3)30(34)39-22-10-6-7-18(11-22)16-31-32-29(33)27-17-38-23-12-19-8-4-5-9-20(19)13-24(23)40-27/h4-16,27H,17H2,1-3H3,(H,32,33)/b31-16-. The van der Waals surface area contributed by atoms with Crippen LogP contribution in [0.4, 0.5) is 0 Å². The summed E-state index contributed by atoms with van der Waals surface area (Å²) >= 11 is 0. The first-order chi connectivity index (χ1) is 19.5. The van der Waals surface area contributed by atoms with Gasteiger partial charge in [0.2, 0.25) is 11.9 Å². The van der Waals surface area contributed by atoms with E-state index in [2.05, 4.69) is 10.5 Å². The molecular formula is C30H26N2O8. The topological polar surface area (TPSA) is 114 Å². The number of nitrogens with zero attached hydrogens (tertiary/aromatic N) is 1. The number of hydrazone groups is 1. The third-order valence-electron chi connectivity index (χ3n) is 6.12. The molecule has 1 amide bonds. The van der Waals surface area contributed by atoms with E-state index in [0.717, 1.165) is 10.8 Å². The fourth-order valence-corrected chi connectivity index (χ4v) is 4.15. The van der Waals surface area contributed by atoms with E-state index >= 15 is 0 Å². The fraction of sp³-hybridized carbons (Fsp3) is 0.167. The molecule has 4 aromatic rings. The zero-order chi connectivity index (χ0) is 28.1. The molecule has 0 spiro atoms. The predicted molar refractivity (Wildman–Crippen MR) is 147 cm³/mol. The smallest absolute Gasteiger partial charge is 0.343 e. The molecule has 1 heterocycles. The van der Waals surface area contributed by atoms with Gasteiger partial charge in [-0.25, -0.2) is 10.2 Å². The maximum absolute atomic E-state index is 12.8. The normalized spacial score (nSPS) is 14.0. The van der Waals surface area contributed by atoms with Crippen LogP contribution in [0.3, 0.4) is 0 Å². The van der Waals surface area contributed by atoms with Crippen LogP contribution in [-0.2, 0) is 4.79 Å². The maximum atomic E-state index is 12.8. The van der Waals surface area contributed by atoms with Crippen LogP contribution in [0.5, 0.6) is 34.5 Å². The summed E-state index contributed by atoms with van der Waals surface area (Å²) in [5, 5.41) is 6.02. The highest BCUT2D eigenvalue weighted by atomic mass is 16.6. The van der Waals surface area contributed by atoms with Crippen molar-refractivity contribution in [3.8, 4) is 34.5 Å². The molecule has 5 rings (SSSR count). The number of hydrogen-bond donors (Lipinski definition) is 1. The molecule has 10 nitrogen and oxygen atoms in total. The predicted octanol–water partition coefficient (Wildman–Crippen LogP) is 4.37. The summed E-state index contributed by atoms with van der Waals surface area (Å²) in [7, 11) is 4.40. The molecule has 0 saturated carbocycles. The highest BCUT2D eigenvalue weighted by Gasteiger charge is 2.27. The molecule has 204 valence electrons. The minimum absolute atomic E-state index is 0.0546. The van der Waals surface area contributed by atoms with Crippen molar-refractivity contribution >= 4 is 28.9 Å². The Morgan fingerprint density at radius 3 is 2.25 bits per heavy atom. The van der Waals surface area contributed by atoms with E-state index in [1.807, 2.05) is 36.4 Å². The van der Waals surface area contributed by atoms with Crippen molar-refractivity contribution in [1.82, 2.24) is 5.43 Å². The number of ether oxygens (including phenoxy) is 6. The molecule has 0 bridgehead atoms. The Morgan fingerprint density at radius 2 is 1.57 bits per heavy atom. The van der Waals surface area contributed by atoms with Crippen molar-refractivity contribution in [3.63, 3.8) is 0 Å². The van der Waals surface area contributed by atoms with Crippen LogP contribution in [0.1, 0.15) is 15.9 Å². The van der Waals surface area contributed by atoms with Gasteiger partial charge in [-0.15, -0.1) is 0 Å². The zero-order valence-electron chi connectivity index (χ0n) is 22.0. The van der Waals surface area contributed by atoms with E-state index in [1.165, 1.54) is 39.7 Å². The molecule has 1 atom stereocenters. The summed E-state index contributed by atoms with van der Waals surface area (Å²) < 4.78 is 33.0. The van der Waals surface area contributed by atoms with Crippen molar-refractivity contribution in [1.29, 1.82) is 0 Å². The van der Waals surface area contributed by atoms with Gasteiger partial charge in [0.05, 0.1) is 33.1 Å².